The van der Waals surface area contributed by atoms with E-state index in [1.807, 2.05) is 0 Å². The topological polar surface area (TPSA) is 397 Å². The average Bonchev–Trinajstić information content (AvgIpc) is 3.85. The molecule has 396 valence electrons. The summed E-state index contributed by atoms with van der Waals surface area (Å²) in [6, 6.07) is 3.00. The van der Waals surface area contributed by atoms with E-state index in [-0.39, 0.29) is 79.7 Å². The molecule has 0 radical (unpaired) electrons. The molecule has 1 aromatic carbocycles. The molecule has 2 saturated heterocycles. The molecule has 6 atom stereocenters. The number of pyridine rings is 1. The molecule has 0 spiro atoms. The second-order valence-electron chi connectivity index (χ2n) is 17.6. The normalized spacial score (nSPS) is 17.5. The van der Waals surface area contributed by atoms with Gasteiger partial charge in [0.1, 0.15) is 40.9 Å². The Morgan fingerprint density at radius 3 is 2.26 bits per heavy atom. The lowest BCUT2D eigenvalue weighted by Crippen LogP contribution is -2.61. The standard InChI is InChI=1S/C46H69N13O12S/c1-29(60)39(56-38(61)19-3-2-9-23-50-40(62)31-20-21-37(52-27-31)57-53-28-30-13-4-5-18-36(30)72(69,70)71)42(64)54-32(14-6-8-22-47)43(65)59-25-10-7-16-35(59)44(66)58-26-12-17-34(58)41(63)55-33(45(67)68)15-11-24-51-46(48)49/h4-5,13,18,20-21,27-29,32-35,39,60H,2-3,6-12,14-17,19,22-26,47H2,1H3,(H,50,62)(H,52,57)(H,54,64)(H,55,63)(H,56,61)(H,67,68)(H4,48,49,51)(H,69,70,71)/b53-28+. The number of nitrogens with zero attached hydrogens (tertiary/aromatic N) is 5. The number of carbonyl (C=O) groups is 7. The molecule has 25 nitrogen and oxygen atoms in total. The van der Waals surface area contributed by atoms with Crippen LogP contribution in [0.15, 0.2) is 57.6 Å². The number of hydrogen-bond acceptors (Lipinski definition) is 15. The van der Waals surface area contributed by atoms with Crippen molar-refractivity contribution in [3.8, 4) is 0 Å². The Morgan fingerprint density at radius 1 is 0.861 bits per heavy atom. The second-order valence-corrected chi connectivity index (χ2v) is 19.0. The van der Waals surface area contributed by atoms with Gasteiger partial charge in [-0.15, -0.1) is 0 Å². The number of guanidine groups is 1. The Balaban J connectivity index is 1.27. The van der Waals surface area contributed by atoms with Gasteiger partial charge in [0.05, 0.1) is 17.9 Å². The number of aliphatic hydroxyl groups is 1. The summed E-state index contributed by atoms with van der Waals surface area (Å²) in [5, 5.41) is 35.0. The van der Waals surface area contributed by atoms with Crippen LogP contribution in [0.2, 0.25) is 0 Å². The highest BCUT2D eigenvalue weighted by Crippen LogP contribution is 2.26. The molecule has 6 amide bonds. The Labute approximate surface area is 418 Å². The largest absolute Gasteiger partial charge is 0.480 e. The van der Waals surface area contributed by atoms with Crippen molar-refractivity contribution in [1.29, 1.82) is 0 Å². The molecule has 2 aromatic rings. The fraction of sp³-hybridized carbons (Fsp3) is 0.565. The zero-order valence-electron chi connectivity index (χ0n) is 40.4. The Kier molecular flexibility index (Phi) is 23.2. The molecule has 0 bridgehead atoms. The number of aliphatic imine (C=N–C) groups is 1. The van der Waals surface area contributed by atoms with E-state index in [2.05, 4.69) is 41.8 Å². The summed E-state index contributed by atoms with van der Waals surface area (Å²) in [7, 11) is -4.45. The van der Waals surface area contributed by atoms with Gasteiger partial charge in [0, 0.05) is 44.4 Å². The first-order valence-corrected chi connectivity index (χ1v) is 25.5. The first-order valence-electron chi connectivity index (χ1n) is 24.1. The zero-order chi connectivity index (χ0) is 52.8. The predicted molar refractivity (Wildman–Crippen MR) is 265 cm³/mol. The van der Waals surface area contributed by atoms with E-state index in [4.69, 9.17) is 17.2 Å². The summed E-state index contributed by atoms with van der Waals surface area (Å²) in [5.41, 5.74) is 19.5. The molecule has 2 fully saturated rings. The number of carboxylic acids is 1. The molecular formula is C46H69N13O12S. The van der Waals surface area contributed by atoms with Gasteiger partial charge in [0.15, 0.2) is 5.96 Å². The number of nitrogens with one attached hydrogen (secondary N) is 5. The predicted octanol–water partition coefficient (Wildman–Crippen LogP) is -0.461. The van der Waals surface area contributed by atoms with E-state index in [1.54, 1.807) is 6.07 Å². The molecule has 3 heterocycles. The fourth-order valence-electron chi connectivity index (χ4n) is 8.31. The molecule has 2 aliphatic rings. The number of benzene rings is 1. The molecule has 6 unspecified atom stereocenters. The Bertz CT molecular complexity index is 2350. The summed E-state index contributed by atoms with van der Waals surface area (Å²) < 4.78 is 32.6. The van der Waals surface area contributed by atoms with Crippen LogP contribution >= 0.6 is 0 Å². The van der Waals surface area contributed by atoms with Crippen molar-refractivity contribution in [3.63, 3.8) is 0 Å². The third kappa shape index (κ3) is 18.1. The van der Waals surface area contributed by atoms with Crippen LogP contribution in [0.3, 0.4) is 0 Å². The molecule has 72 heavy (non-hydrogen) atoms. The van der Waals surface area contributed by atoms with E-state index in [0.29, 0.717) is 70.8 Å². The van der Waals surface area contributed by atoms with E-state index < -0.39 is 87.8 Å². The first-order chi connectivity index (χ1) is 34.3. The number of anilines is 1. The van der Waals surface area contributed by atoms with Gasteiger partial charge in [-0.3, -0.25) is 43.7 Å². The van der Waals surface area contributed by atoms with Crippen LogP contribution in [0.5, 0.6) is 0 Å². The summed E-state index contributed by atoms with van der Waals surface area (Å²) >= 11 is 0. The number of aromatic nitrogens is 1. The Morgan fingerprint density at radius 2 is 1.58 bits per heavy atom. The van der Waals surface area contributed by atoms with Crippen molar-refractivity contribution in [3.05, 3.63) is 53.7 Å². The fourth-order valence-corrected chi connectivity index (χ4v) is 8.98. The Hall–Kier alpha value is -6.77. The monoisotopic (exact) mass is 1030 g/mol. The maximum Gasteiger partial charge on any atom is 0.326 e. The van der Waals surface area contributed by atoms with Crippen LogP contribution < -0.4 is 43.9 Å². The van der Waals surface area contributed by atoms with Crippen LogP contribution in [-0.4, -0.2) is 161 Å². The summed E-state index contributed by atoms with van der Waals surface area (Å²) in [5.74, 6) is -4.48. The third-order valence-corrected chi connectivity index (χ3v) is 13.0. The molecule has 0 aliphatic carbocycles. The van der Waals surface area contributed by atoms with E-state index in [1.165, 1.54) is 59.5 Å². The number of hydrazone groups is 1. The van der Waals surface area contributed by atoms with Gasteiger partial charge in [0.25, 0.3) is 16.0 Å². The lowest BCUT2D eigenvalue weighted by molar-refractivity contribution is -0.152. The number of nitrogens with two attached hydrogens (primary N) is 3. The number of likely N-dealkylation sites (tertiary alicyclic amines) is 2. The van der Waals surface area contributed by atoms with E-state index >= 15 is 0 Å². The van der Waals surface area contributed by atoms with E-state index in [9.17, 15) is 56.7 Å². The number of amides is 6. The number of piperidine rings is 1. The number of unbranched alkanes of at least 4 members (excludes halogenated alkanes) is 3. The van der Waals surface area contributed by atoms with Crippen LogP contribution in [0.1, 0.15) is 113 Å². The van der Waals surface area contributed by atoms with Crippen LogP contribution in [0, 0.1) is 0 Å². The number of carboxylic acid groups (broad SMARTS) is 1. The lowest BCUT2D eigenvalue weighted by atomic mass is 9.97. The third-order valence-electron chi connectivity index (χ3n) is 12.1. The van der Waals surface area contributed by atoms with Gasteiger partial charge in [0.2, 0.25) is 29.5 Å². The average molecular weight is 1030 g/mol. The van der Waals surface area contributed by atoms with Gasteiger partial charge < -0.3 is 58.5 Å². The maximum absolute atomic E-state index is 14.4. The van der Waals surface area contributed by atoms with Crippen molar-refractivity contribution in [2.75, 3.05) is 38.1 Å². The van der Waals surface area contributed by atoms with Crippen LogP contribution in [-0.2, 0) is 38.9 Å². The highest BCUT2D eigenvalue weighted by atomic mass is 32.2. The molecular weight excluding hydrogens is 959 g/mol. The smallest absolute Gasteiger partial charge is 0.326 e. The molecule has 26 heteroatoms. The van der Waals surface area contributed by atoms with Gasteiger partial charge in [-0.05, 0) is 109 Å². The quantitative estimate of drug-likeness (QED) is 0.0169. The van der Waals surface area contributed by atoms with Crippen LogP contribution in [0.25, 0.3) is 0 Å². The highest BCUT2D eigenvalue weighted by Gasteiger charge is 2.43. The van der Waals surface area contributed by atoms with Crippen molar-refractivity contribution in [1.82, 2.24) is 36.1 Å². The lowest BCUT2D eigenvalue weighted by Gasteiger charge is -2.40. The van der Waals surface area contributed by atoms with Crippen molar-refractivity contribution in [2.45, 2.75) is 138 Å². The molecule has 2 aliphatic heterocycles. The molecule has 4 rings (SSSR count). The number of aliphatic hydroxyl groups excluding tert-OH is 1. The molecule has 1 aromatic heterocycles. The van der Waals surface area contributed by atoms with Gasteiger partial charge in [-0.2, -0.15) is 13.5 Å². The molecule has 0 saturated carbocycles. The number of hydrogen-bond donors (Lipinski definition) is 11. The number of rotatable bonds is 28. The SMILES string of the molecule is CC(O)C(NC(=O)CCCCCNC(=O)c1ccc(N/N=C/c2ccccc2S(=O)(=O)O)nc1)C(=O)NC(CCCCN)C(=O)N1CCCCC1C(=O)N1CCCC1C(=O)NC(CCCN=C(N)N)C(=O)O. The highest BCUT2D eigenvalue weighted by molar-refractivity contribution is 7.86. The summed E-state index contributed by atoms with van der Waals surface area (Å²) in [4.78, 5) is 104. The zero-order valence-corrected chi connectivity index (χ0v) is 41.2. The number of aliphatic carboxylic acids is 1. The van der Waals surface area contributed by atoms with Crippen LogP contribution in [0.4, 0.5) is 5.82 Å². The van der Waals surface area contributed by atoms with Crippen molar-refractivity contribution < 1.29 is 56.7 Å². The van der Waals surface area contributed by atoms with Gasteiger partial charge in [-0.25, -0.2) is 9.78 Å². The van der Waals surface area contributed by atoms with Crippen molar-refractivity contribution in [2.24, 2.45) is 27.3 Å². The van der Waals surface area contributed by atoms with Crippen molar-refractivity contribution >= 4 is 69.5 Å². The number of carbonyl (C=O) groups excluding carboxylic acids is 6. The van der Waals surface area contributed by atoms with Gasteiger partial charge in [-0.1, -0.05) is 24.6 Å². The van der Waals surface area contributed by atoms with Gasteiger partial charge >= 0.3 is 5.97 Å². The summed E-state index contributed by atoms with van der Waals surface area (Å²) in [6.07, 6.45) is 6.30. The minimum Gasteiger partial charge on any atom is -0.480 e. The minimum atomic E-state index is -4.45. The summed E-state index contributed by atoms with van der Waals surface area (Å²) in [6.45, 7) is 2.51. The second kappa shape index (κ2) is 28.9. The minimum absolute atomic E-state index is 0.00492. The molecule has 14 N–H and O–H groups in total. The van der Waals surface area contributed by atoms with E-state index in [0.717, 1.165) is 0 Å². The maximum atomic E-state index is 14.4. The first kappa shape index (κ1) is 57.8.